The number of aliphatic hydroxyl groups is 1. The fourth-order valence-corrected chi connectivity index (χ4v) is 1.52. The van der Waals surface area contributed by atoms with Gasteiger partial charge in [0, 0.05) is 5.56 Å². The highest BCUT2D eigenvalue weighted by molar-refractivity contribution is 5.97. The van der Waals surface area contributed by atoms with E-state index in [1.807, 2.05) is 6.92 Å². The number of amides is 1. The van der Waals surface area contributed by atoms with Crippen LogP contribution in [0.1, 0.15) is 15.9 Å². The van der Waals surface area contributed by atoms with Crippen molar-refractivity contribution in [2.45, 2.75) is 13.0 Å². The molecule has 1 atom stereocenters. The topological polar surface area (TPSA) is 84.9 Å². The number of methoxy groups -OCH3 is 2. The van der Waals surface area contributed by atoms with Gasteiger partial charge in [0.1, 0.15) is 5.75 Å². The normalized spacial score (nSPS) is 11.6. The number of benzene rings is 1. The molecule has 6 nitrogen and oxygen atoms in total. The van der Waals surface area contributed by atoms with Gasteiger partial charge < -0.3 is 19.9 Å². The molecule has 1 aromatic carbocycles. The molecule has 0 heterocycles. The van der Waals surface area contributed by atoms with E-state index in [-0.39, 0.29) is 0 Å². The molecule has 0 saturated carbocycles. The third-order valence-corrected chi connectivity index (χ3v) is 2.64. The van der Waals surface area contributed by atoms with Crippen LogP contribution in [0.25, 0.3) is 0 Å². The number of hydrogen-bond acceptors (Lipinski definition) is 5. The summed E-state index contributed by atoms with van der Waals surface area (Å²) in [5.41, 5.74) is 1.23. The van der Waals surface area contributed by atoms with Crippen LogP contribution in [-0.4, -0.2) is 43.9 Å². The molecule has 1 amide bonds. The van der Waals surface area contributed by atoms with E-state index in [2.05, 4.69) is 10.1 Å². The van der Waals surface area contributed by atoms with Crippen LogP contribution >= 0.6 is 0 Å². The van der Waals surface area contributed by atoms with Crippen LogP contribution in [0.5, 0.6) is 5.75 Å². The summed E-state index contributed by atoms with van der Waals surface area (Å²) in [5.74, 6) is -0.607. The summed E-state index contributed by atoms with van der Waals surface area (Å²) < 4.78 is 9.58. The molecule has 0 aliphatic heterocycles. The average Bonchev–Trinajstić information content (AvgIpc) is 2.44. The van der Waals surface area contributed by atoms with Crippen molar-refractivity contribution in [3.05, 3.63) is 29.3 Å². The van der Waals surface area contributed by atoms with Crippen molar-refractivity contribution < 1.29 is 24.2 Å². The first-order valence-corrected chi connectivity index (χ1v) is 5.67. The molecule has 2 N–H and O–H groups in total. The molecule has 0 spiro atoms. The molecule has 0 fully saturated rings. The number of ether oxygens (including phenoxy) is 2. The van der Waals surface area contributed by atoms with Gasteiger partial charge in [0.2, 0.25) is 0 Å². The zero-order chi connectivity index (χ0) is 14.4. The van der Waals surface area contributed by atoms with Crippen LogP contribution in [-0.2, 0) is 9.53 Å². The molecule has 0 aliphatic rings. The maximum Gasteiger partial charge on any atom is 0.330 e. The molecule has 1 rings (SSSR count). The van der Waals surface area contributed by atoms with E-state index in [1.54, 1.807) is 18.2 Å². The van der Waals surface area contributed by atoms with Gasteiger partial charge in [0.05, 0.1) is 20.8 Å². The summed E-state index contributed by atoms with van der Waals surface area (Å²) in [4.78, 5) is 23.2. The molecule has 6 heteroatoms. The van der Waals surface area contributed by atoms with Crippen LogP contribution in [0.15, 0.2) is 18.2 Å². The van der Waals surface area contributed by atoms with Crippen LogP contribution in [0.2, 0.25) is 0 Å². The molecule has 0 aromatic heterocycles. The van der Waals surface area contributed by atoms with Gasteiger partial charge in [-0.05, 0) is 24.6 Å². The second-order valence-corrected chi connectivity index (χ2v) is 3.92. The summed E-state index contributed by atoms with van der Waals surface area (Å²) in [7, 11) is 2.70. The lowest BCUT2D eigenvalue weighted by Gasteiger charge is -2.14. The van der Waals surface area contributed by atoms with Crippen molar-refractivity contribution in [1.29, 1.82) is 0 Å². The minimum atomic E-state index is -1.08. The molecule has 1 aromatic rings. The minimum absolute atomic E-state index is 0.338. The van der Waals surface area contributed by atoms with E-state index in [9.17, 15) is 9.59 Å². The Balaban J connectivity index is 2.85. The number of esters is 1. The maximum absolute atomic E-state index is 11.9. The third-order valence-electron chi connectivity index (χ3n) is 2.64. The first-order chi connectivity index (χ1) is 9.03. The van der Waals surface area contributed by atoms with Crippen molar-refractivity contribution in [2.24, 2.45) is 0 Å². The molecule has 0 saturated heterocycles. The van der Waals surface area contributed by atoms with Crippen LogP contribution < -0.4 is 10.1 Å². The molecule has 0 unspecified atom stereocenters. The maximum atomic E-state index is 11.9. The third kappa shape index (κ3) is 3.69. The number of aryl methyl sites for hydroxylation is 1. The first kappa shape index (κ1) is 15.0. The predicted molar refractivity (Wildman–Crippen MR) is 68.1 cm³/mol. The van der Waals surface area contributed by atoms with Crippen LogP contribution in [0.3, 0.4) is 0 Å². The zero-order valence-electron chi connectivity index (χ0n) is 11.1. The molecular weight excluding hydrogens is 250 g/mol. The highest BCUT2D eigenvalue weighted by Crippen LogP contribution is 2.18. The highest BCUT2D eigenvalue weighted by Gasteiger charge is 2.21. The van der Waals surface area contributed by atoms with Gasteiger partial charge in [-0.1, -0.05) is 6.07 Å². The van der Waals surface area contributed by atoms with Crippen molar-refractivity contribution in [2.75, 3.05) is 20.8 Å². The van der Waals surface area contributed by atoms with E-state index >= 15 is 0 Å². The monoisotopic (exact) mass is 267 g/mol. The predicted octanol–water partition coefficient (Wildman–Crippen LogP) is 0.267. The second kappa shape index (κ2) is 6.75. The molecule has 0 bridgehead atoms. The van der Waals surface area contributed by atoms with Gasteiger partial charge in [0.25, 0.3) is 5.91 Å². The van der Waals surface area contributed by atoms with Crippen LogP contribution in [0, 0.1) is 6.92 Å². The van der Waals surface area contributed by atoms with Crippen LogP contribution in [0.4, 0.5) is 0 Å². The molecule has 19 heavy (non-hydrogen) atoms. The summed E-state index contributed by atoms with van der Waals surface area (Å²) in [6.45, 7) is 1.33. The molecular formula is C13H17NO5. The number of carbonyl (C=O) groups excluding carboxylic acids is 2. The van der Waals surface area contributed by atoms with Gasteiger partial charge >= 0.3 is 5.97 Å². The Labute approximate surface area is 111 Å². The minimum Gasteiger partial charge on any atom is -0.496 e. The Morgan fingerprint density at radius 3 is 2.58 bits per heavy atom. The van der Waals surface area contributed by atoms with E-state index in [4.69, 9.17) is 9.84 Å². The van der Waals surface area contributed by atoms with E-state index in [0.717, 1.165) is 5.56 Å². The Hall–Kier alpha value is -2.08. The zero-order valence-corrected chi connectivity index (χ0v) is 11.1. The lowest BCUT2D eigenvalue weighted by atomic mass is 10.1. The van der Waals surface area contributed by atoms with Gasteiger partial charge in [-0.2, -0.15) is 0 Å². The van der Waals surface area contributed by atoms with Gasteiger partial charge in [-0.25, -0.2) is 4.79 Å². The van der Waals surface area contributed by atoms with E-state index < -0.39 is 24.5 Å². The summed E-state index contributed by atoms with van der Waals surface area (Å²) >= 11 is 0. The Bertz CT molecular complexity index is 472. The number of rotatable bonds is 5. The summed E-state index contributed by atoms with van der Waals surface area (Å²) in [5, 5.41) is 11.4. The second-order valence-electron chi connectivity index (χ2n) is 3.92. The standard InChI is InChI=1S/C13H17NO5/c1-8-4-5-9(6-11(8)18-2)12(16)14-10(7-15)13(17)19-3/h4-6,10,15H,7H2,1-3H3,(H,14,16)/t10-/m1/s1. The quantitative estimate of drug-likeness (QED) is 0.748. The smallest absolute Gasteiger partial charge is 0.330 e. The molecule has 0 radical (unpaired) electrons. The average molecular weight is 267 g/mol. The Morgan fingerprint density at radius 1 is 1.37 bits per heavy atom. The number of aliphatic hydroxyl groups excluding tert-OH is 1. The van der Waals surface area contributed by atoms with Crippen molar-refractivity contribution in [3.8, 4) is 5.75 Å². The summed E-state index contributed by atoms with van der Waals surface area (Å²) in [6.07, 6.45) is 0. The van der Waals surface area contributed by atoms with Gasteiger partial charge in [0.15, 0.2) is 6.04 Å². The molecule has 104 valence electrons. The number of carbonyl (C=O) groups is 2. The van der Waals surface area contributed by atoms with Gasteiger partial charge in [-0.15, -0.1) is 0 Å². The number of nitrogens with one attached hydrogen (secondary N) is 1. The van der Waals surface area contributed by atoms with E-state index in [0.29, 0.717) is 11.3 Å². The van der Waals surface area contributed by atoms with Gasteiger partial charge in [-0.3, -0.25) is 4.79 Å². The van der Waals surface area contributed by atoms with E-state index in [1.165, 1.54) is 14.2 Å². The highest BCUT2D eigenvalue weighted by atomic mass is 16.5. The fourth-order valence-electron chi connectivity index (χ4n) is 1.52. The largest absolute Gasteiger partial charge is 0.496 e. The van der Waals surface area contributed by atoms with Crippen molar-refractivity contribution in [3.63, 3.8) is 0 Å². The lowest BCUT2D eigenvalue weighted by molar-refractivity contribution is -0.143. The Kier molecular flexibility index (Phi) is 5.32. The SMILES string of the molecule is COC(=O)[C@@H](CO)NC(=O)c1ccc(C)c(OC)c1. The fraction of sp³-hybridized carbons (Fsp3) is 0.385. The Morgan fingerprint density at radius 2 is 2.05 bits per heavy atom. The molecule has 0 aliphatic carbocycles. The first-order valence-electron chi connectivity index (χ1n) is 5.67. The summed E-state index contributed by atoms with van der Waals surface area (Å²) in [6, 6.07) is 3.83. The lowest BCUT2D eigenvalue weighted by Crippen LogP contribution is -2.44. The van der Waals surface area contributed by atoms with Crippen molar-refractivity contribution >= 4 is 11.9 Å². The van der Waals surface area contributed by atoms with Crippen molar-refractivity contribution in [1.82, 2.24) is 5.32 Å². The number of hydrogen-bond donors (Lipinski definition) is 2.